The van der Waals surface area contributed by atoms with Crippen molar-refractivity contribution in [1.82, 2.24) is 10.3 Å². The molecule has 1 aromatic carbocycles. The minimum Gasteiger partial charge on any atom is -0.369 e. The van der Waals surface area contributed by atoms with E-state index in [2.05, 4.69) is 29.6 Å². The maximum absolute atomic E-state index is 5.88. The fraction of sp³-hybridized carbons (Fsp3) is 0.438. The second kappa shape index (κ2) is 7.40. The highest BCUT2D eigenvalue weighted by atomic mass is 32.2. The largest absolute Gasteiger partial charge is 0.369 e. The Labute approximate surface area is 134 Å². The SMILES string of the molecule is CNCCc1sc(C2CSCCO2)nc1-c1ccccc1. The van der Waals surface area contributed by atoms with Crippen molar-refractivity contribution in [1.29, 1.82) is 0 Å². The molecule has 5 heteroatoms. The highest BCUT2D eigenvalue weighted by molar-refractivity contribution is 7.99. The van der Waals surface area contributed by atoms with Gasteiger partial charge in [0.1, 0.15) is 11.1 Å². The minimum atomic E-state index is 0.166. The van der Waals surface area contributed by atoms with Crippen LogP contribution in [0.3, 0.4) is 0 Å². The Morgan fingerprint density at radius 2 is 2.19 bits per heavy atom. The second-order valence-corrected chi connectivity index (χ2v) is 7.24. The first-order valence-electron chi connectivity index (χ1n) is 7.27. The van der Waals surface area contributed by atoms with Gasteiger partial charge in [0, 0.05) is 21.9 Å². The summed E-state index contributed by atoms with van der Waals surface area (Å²) in [6.07, 6.45) is 1.18. The van der Waals surface area contributed by atoms with Crippen LogP contribution >= 0.6 is 23.1 Å². The van der Waals surface area contributed by atoms with Crippen molar-refractivity contribution in [3.05, 3.63) is 40.2 Å². The molecule has 0 amide bonds. The number of hydrogen-bond acceptors (Lipinski definition) is 5. The number of thioether (sulfide) groups is 1. The first-order valence-corrected chi connectivity index (χ1v) is 9.24. The number of ether oxygens (including phenoxy) is 1. The quantitative estimate of drug-likeness (QED) is 0.916. The molecule has 1 atom stereocenters. The van der Waals surface area contributed by atoms with Crippen molar-refractivity contribution in [2.24, 2.45) is 0 Å². The third kappa shape index (κ3) is 3.66. The monoisotopic (exact) mass is 320 g/mol. The smallest absolute Gasteiger partial charge is 0.123 e. The number of rotatable bonds is 5. The topological polar surface area (TPSA) is 34.1 Å². The molecule has 1 aliphatic rings. The Hall–Kier alpha value is -0.880. The number of aromatic nitrogens is 1. The van der Waals surface area contributed by atoms with Gasteiger partial charge in [-0.25, -0.2) is 4.98 Å². The Bertz CT molecular complexity index is 565. The molecule has 0 bridgehead atoms. The van der Waals surface area contributed by atoms with Crippen LogP contribution in [0.15, 0.2) is 30.3 Å². The van der Waals surface area contributed by atoms with Gasteiger partial charge in [0.25, 0.3) is 0 Å². The number of thiazole rings is 1. The molecule has 0 radical (unpaired) electrons. The molecular weight excluding hydrogens is 300 g/mol. The Kier molecular flexibility index (Phi) is 5.30. The van der Waals surface area contributed by atoms with Gasteiger partial charge in [-0.3, -0.25) is 0 Å². The number of nitrogens with one attached hydrogen (secondary N) is 1. The zero-order chi connectivity index (χ0) is 14.5. The van der Waals surface area contributed by atoms with E-state index in [9.17, 15) is 0 Å². The predicted octanol–water partition coefficient (Wildman–Crippen LogP) is 3.38. The molecule has 0 spiro atoms. The van der Waals surface area contributed by atoms with Crippen LogP contribution < -0.4 is 5.32 Å². The van der Waals surface area contributed by atoms with Crippen molar-refractivity contribution >= 4 is 23.1 Å². The number of nitrogens with zero attached hydrogens (tertiary/aromatic N) is 1. The summed E-state index contributed by atoms with van der Waals surface area (Å²) in [6.45, 7) is 1.81. The second-order valence-electron chi connectivity index (χ2n) is 4.98. The van der Waals surface area contributed by atoms with Gasteiger partial charge in [-0.05, 0) is 20.0 Å². The molecule has 112 valence electrons. The average Bonchev–Trinajstić information content (AvgIpc) is 2.99. The first-order chi connectivity index (χ1) is 10.4. The van der Waals surface area contributed by atoms with Crippen LogP contribution in [0.2, 0.25) is 0 Å². The standard InChI is InChI=1S/C16H20N2OS2/c1-17-8-7-14-15(12-5-3-2-4-6-12)18-16(21-14)13-11-20-10-9-19-13/h2-6,13,17H,7-11H2,1H3. The first kappa shape index (κ1) is 15.0. The van der Waals surface area contributed by atoms with Gasteiger partial charge < -0.3 is 10.1 Å². The van der Waals surface area contributed by atoms with Crippen LogP contribution in [-0.2, 0) is 11.2 Å². The number of benzene rings is 1. The lowest BCUT2D eigenvalue weighted by Gasteiger charge is -2.19. The third-order valence-electron chi connectivity index (χ3n) is 3.45. The highest BCUT2D eigenvalue weighted by Gasteiger charge is 2.22. The molecule has 1 unspecified atom stereocenters. The molecule has 1 saturated heterocycles. The Balaban J connectivity index is 1.90. The van der Waals surface area contributed by atoms with Crippen LogP contribution in [0.4, 0.5) is 0 Å². The summed E-state index contributed by atoms with van der Waals surface area (Å²) >= 11 is 3.77. The van der Waals surface area contributed by atoms with Gasteiger partial charge >= 0.3 is 0 Å². The van der Waals surface area contributed by atoms with Gasteiger partial charge in [-0.1, -0.05) is 30.3 Å². The van der Waals surface area contributed by atoms with Crippen LogP contribution in [0.1, 0.15) is 16.0 Å². The molecule has 1 N–H and O–H groups in total. The van der Waals surface area contributed by atoms with Crippen molar-refractivity contribution in [3.8, 4) is 11.3 Å². The van der Waals surface area contributed by atoms with Crippen LogP contribution in [0.5, 0.6) is 0 Å². The summed E-state index contributed by atoms with van der Waals surface area (Å²) in [5.41, 5.74) is 2.33. The van der Waals surface area contributed by atoms with Gasteiger partial charge in [0.05, 0.1) is 12.3 Å². The molecule has 21 heavy (non-hydrogen) atoms. The van der Waals surface area contributed by atoms with E-state index in [-0.39, 0.29) is 6.10 Å². The van der Waals surface area contributed by atoms with E-state index in [0.29, 0.717) is 0 Å². The normalized spacial score (nSPS) is 18.8. The lowest BCUT2D eigenvalue weighted by Crippen LogP contribution is -2.15. The van der Waals surface area contributed by atoms with E-state index < -0.39 is 0 Å². The molecule has 1 fully saturated rings. The molecule has 1 aliphatic heterocycles. The van der Waals surface area contributed by atoms with Crippen molar-refractivity contribution < 1.29 is 4.74 Å². The van der Waals surface area contributed by atoms with Gasteiger partial charge in [0.15, 0.2) is 0 Å². The Morgan fingerprint density at radius 1 is 1.33 bits per heavy atom. The number of likely N-dealkylation sites (N-methyl/N-ethyl adjacent to an activating group) is 1. The summed E-state index contributed by atoms with van der Waals surface area (Å²) < 4.78 is 5.88. The maximum Gasteiger partial charge on any atom is 0.123 e. The molecule has 2 heterocycles. The summed E-state index contributed by atoms with van der Waals surface area (Å²) in [6, 6.07) is 10.5. The lowest BCUT2D eigenvalue weighted by atomic mass is 10.1. The van der Waals surface area contributed by atoms with E-state index in [0.717, 1.165) is 41.8 Å². The van der Waals surface area contributed by atoms with Crippen molar-refractivity contribution in [3.63, 3.8) is 0 Å². The third-order valence-corrected chi connectivity index (χ3v) is 5.66. The predicted molar refractivity (Wildman–Crippen MR) is 91.2 cm³/mol. The van der Waals surface area contributed by atoms with Gasteiger partial charge in [-0.15, -0.1) is 11.3 Å². The van der Waals surface area contributed by atoms with E-state index in [1.807, 2.05) is 36.2 Å². The van der Waals surface area contributed by atoms with Crippen LogP contribution in [-0.4, -0.2) is 36.7 Å². The highest BCUT2D eigenvalue weighted by Crippen LogP contribution is 2.35. The van der Waals surface area contributed by atoms with Gasteiger partial charge in [0.2, 0.25) is 0 Å². The molecule has 2 aromatic rings. The Morgan fingerprint density at radius 3 is 2.90 bits per heavy atom. The van der Waals surface area contributed by atoms with E-state index in [1.165, 1.54) is 10.4 Å². The number of hydrogen-bond donors (Lipinski definition) is 1. The summed E-state index contributed by atoms with van der Waals surface area (Å²) in [5.74, 6) is 2.12. The molecule has 0 saturated carbocycles. The maximum atomic E-state index is 5.88. The minimum absolute atomic E-state index is 0.166. The van der Waals surface area contributed by atoms with Crippen LogP contribution in [0.25, 0.3) is 11.3 Å². The zero-order valence-corrected chi connectivity index (χ0v) is 13.8. The molecule has 3 nitrogen and oxygen atoms in total. The fourth-order valence-corrected chi connectivity index (χ4v) is 4.46. The molecule has 1 aromatic heterocycles. The zero-order valence-electron chi connectivity index (χ0n) is 12.2. The molecule has 3 rings (SSSR count). The van der Waals surface area contributed by atoms with E-state index in [4.69, 9.17) is 9.72 Å². The average molecular weight is 320 g/mol. The fourth-order valence-electron chi connectivity index (χ4n) is 2.37. The summed E-state index contributed by atoms with van der Waals surface area (Å²) in [5, 5.41) is 4.36. The molecule has 0 aliphatic carbocycles. The van der Waals surface area contributed by atoms with E-state index >= 15 is 0 Å². The molecular formula is C16H20N2OS2. The van der Waals surface area contributed by atoms with E-state index in [1.54, 1.807) is 0 Å². The van der Waals surface area contributed by atoms with Crippen molar-refractivity contribution in [2.75, 3.05) is 31.7 Å². The lowest BCUT2D eigenvalue weighted by molar-refractivity contribution is 0.0756. The summed E-state index contributed by atoms with van der Waals surface area (Å²) in [4.78, 5) is 6.26. The van der Waals surface area contributed by atoms with Gasteiger partial charge in [-0.2, -0.15) is 11.8 Å². The van der Waals surface area contributed by atoms with Crippen LogP contribution in [0, 0.1) is 0 Å². The van der Waals surface area contributed by atoms with Crippen molar-refractivity contribution in [2.45, 2.75) is 12.5 Å². The summed E-state index contributed by atoms with van der Waals surface area (Å²) in [7, 11) is 1.99.